The van der Waals surface area contributed by atoms with E-state index in [-0.39, 0.29) is 37.8 Å². The molecule has 0 unspecified atom stereocenters. The summed E-state index contributed by atoms with van der Waals surface area (Å²) >= 11 is 0. The Hall–Kier alpha value is -1.06. The molecule has 1 aromatic carbocycles. The Labute approximate surface area is 166 Å². The van der Waals surface area contributed by atoms with Crippen molar-refractivity contribution >= 4 is 0 Å². The number of hydrogen-bond acceptors (Lipinski definition) is 7. The van der Waals surface area contributed by atoms with E-state index in [0.717, 1.165) is 12.0 Å². The molecule has 6 atom stereocenters. The normalized spacial score (nSPS) is 36.1. The summed E-state index contributed by atoms with van der Waals surface area (Å²) in [6.45, 7) is 6.13. The number of aliphatic hydroxyl groups excluding tert-OH is 1. The fourth-order valence-corrected chi connectivity index (χ4v) is 3.50. The van der Waals surface area contributed by atoms with Gasteiger partial charge in [-0.2, -0.15) is 0 Å². The fraction of sp³-hybridized carbons (Fsp3) is 0.714. The van der Waals surface area contributed by atoms with E-state index in [1.54, 1.807) is 0 Å². The molecule has 0 amide bonds. The third kappa shape index (κ3) is 5.51. The smallest absolute Gasteiger partial charge is 0.187 e. The first kappa shape index (κ1) is 21.6. The van der Waals surface area contributed by atoms with E-state index < -0.39 is 18.0 Å². The standard InChI is InChI=1S/C21H32O7/c1-14(2)26-18-10-9-17(15(3)27-18)28-20-19(22)21(23,13-25-20)12-24-11-16-7-5-4-6-8-16/h4-8,14-15,17-20,22-23H,9-13H2,1-3H3/t15-,17+,18+,19-,20-,21+/m0/s1. The Morgan fingerprint density at radius 1 is 1.21 bits per heavy atom. The molecule has 0 aromatic heterocycles. The minimum Gasteiger partial charge on any atom is -0.385 e. The maximum atomic E-state index is 10.7. The predicted molar refractivity (Wildman–Crippen MR) is 101 cm³/mol. The van der Waals surface area contributed by atoms with Gasteiger partial charge in [0.1, 0.15) is 11.7 Å². The van der Waals surface area contributed by atoms with Crippen LogP contribution in [0.5, 0.6) is 0 Å². The van der Waals surface area contributed by atoms with Crippen LogP contribution >= 0.6 is 0 Å². The lowest BCUT2D eigenvalue weighted by Crippen LogP contribution is -2.50. The average Bonchev–Trinajstić information content (AvgIpc) is 2.93. The van der Waals surface area contributed by atoms with E-state index in [4.69, 9.17) is 23.7 Å². The lowest BCUT2D eigenvalue weighted by molar-refractivity contribution is -0.269. The molecule has 2 N–H and O–H groups in total. The summed E-state index contributed by atoms with van der Waals surface area (Å²) in [7, 11) is 0. The molecule has 2 heterocycles. The molecule has 2 aliphatic rings. The lowest BCUT2D eigenvalue weighted by atomic mass is 10.0. The van der Waals surface area contributed by atoms with Crippen LogP contribution in [-0.2, 0) is 30.3 Å². The van der Waals surface area contributed by atoms with Gasteiger partial charge in [-0.1, -0.05) is 30.3 Å². The van der Waals surface area contributed by atoms with Gasteiger partial charge in [-0.25, -0.2) is 0 Å². The SMILES string of the molecule is CC(C)O[C@H]1CC[C@@H](O[C@@H]2OC[C@](O)(COCc3ccccc3)[C@H]2O)[C@H](C)O1. The molecule has 2 fully saturated rings. The zero-order valence-electron chi connectivity index (χ0n) is 16.8. The van der Waals surface area contributed by atoms with E-state index >= 15 is 0 Å². The van der Waals surface area contributed by atoms with Gasteiger partial charge in [-0.3, -0.25) is 0 Å². The van der Waals surface area contributed by atoms with Gasteiger partial charge in [0.15, 0.2) is 12.6 Å². The van der Waals surface area contributed by atoms with Gasteiger partial charge in [-0.15, -0.1) is 0 Å². The van der Waals surface area contributed by atoms with Crippen LogP contribution in [0.2, 0.25) is 0 Å². The topological polar surface area (TPSA) is 86.6 Å². The first-order chi connectivity index (χ1) is 13.4. The number of ether oxygens (including phenoxy) is 5. The summed E-state index contributed by atoms with van der Waals surface area (Å²) in [5, 5.41) is 21.3. The Balaban J connectivity index is 1.46. The van der Waals surface area contributed by atoms with Gasteiger partial charge in [0, 0.05) is 6.42 Å². The Kier molecular flexibility index (Phi) is 7.44. The largest absolute Gasteiger partial charge is 0.385 e. The molecule has 28 heavy (non-hydrogen) atoms. The minimum absolute atomic E-state index is 0.0378. The van der Waals surface area contributed by atoms with Crippen molar-refractivity contribution in [3.8, 4) is 0 Å². The molecule has 0 saturated carbocycles. The molecular formula is C21H32O7. The highest BCUT2D eigenvalue weighted by molar-refractivity contribution is 5.13. The van der Waals surface area contributed by atoms with Crippen molar-refractivity contribution in [1.29, 1.82) is 0 Å². The lowest BCUT2D eigenvalue weighted by Gasteiger charge is -2.36. The monoisotopic (exact) mass is 396 g/mol. The summed E-state index contributed by atoms with van der Waals surface area (Å²) in [5.41, 5.74) is -0.500. The summed E-state index contributed by atoms with van der Waals surface area (Å²) in [4.78, 5) is 0. The molecule has 0 bridgehead atoms. The van der Waals surface area contributed by atoms with Gasteiger partial charge in [-0.05, 0) is 32.8 Å². The van der Waals surface area contributed by atoms with Crippen LogP contribution in [0, 0.1) is 0 Å². The van der Waals surface area contributed by atoms with Crippen molar-refractivity contribution < 1.29 is 33.9 Å². The molecule has 2 saturated heterocycles. The van der Waals surface area contributed by atoms with Crippen molar-refractivity contribution in [3.05, 3.63) is 35.9 Å². The van der Waals surface area contributed by atoms with Gasteiger partial charge < -0.3 is 33.9 Å². The first-order valence-electron chi connectivity index (χ1n) is 9.97. The fourth-order valence-electron chi connectivity index (χ4n) is 3.50. The van der Waals surface area contributed by atoms with Crippen LogP contribution in [0.1, 0.15) is 39.2 Å². The summed E-state index contributed by atoms with van der Waals surface area (Å²) in [5.74, 6) is 0. The molecule has 3 rings (SSSR count). The Morgan fingerprint density at radius 3 is 2.64 bits per heavy atom. The van der Waals surface area contributed by atoms with E-state index in [0.29, 0.717) is 13.0 Å². The number of hydrogen-bond donors (Lipinski definition) is 2. The summed E-state index contributed by atoms with van der Waals surface area (Å²) in [6, 6.07) is 9.67. The second-order valence-corrected chi connectivity index (χ2v) is 7.91. The Bertz CT molecular complexity index is 596. The third-order valence-electron chi connectivity index (χ3n) is 5.08. The number of aliphatic hydroxyl groups is 2. The molecular weight excluding hydrogens is 364 g/mol. The van der Waals surface area contributed by atoms with Gasteiger partial charge >= 0.3 is 0 Å². The van der Waals surface area contributed by atoms with E-state index in [9.17, 15) is 10.2 Å². The van der Waals surface area contributed by atoms with E-state index in [1.807, 2.05) is 51.1 Å². The van der Waals surface area contributed by atoms with Crippen molar-refractivity contribution in [2.75, 3.05) is 13.2 Å². The molecule has 7 nitrogen and oxygen atoms in total. The summed E-state index contributed by atoms with van der Waals surface area (Å²) in [6.07, 6.45) is -1.25. The van der Waals surface area contributed by atoms with Crippen LogP contribution in [0.3, 0.4) is 0 Å². The highest BCUT2D eigenvalue weighted by atomic mass is 16.7. The molecule has 0 spiro atoms. The maximum Gasteiger partial charge on any atom is 0.187 e. The predicted octanol–water partition coefficient (Wildman–Crippen LogP) is 1.99. The van der Waals surface area contributed by atoms with Gasteiger partial charge in [0.2, 0.25) is 0 Å². The van der Waals surface area contributed by atoms with Crippen LogP contribution < -0.4 is 0 Å². The minimum atomic E-state index is -1.50. The van der Waals surface area contributed by atoms with Crippen LogP contribution in [0.25, 0.3) is 0 Å². The second kappa shape index (κ2) is 9.63. The molecule has 158 valence electrons. The molecule has 7 heteroatoms. The van der Waals surface area contributed by atoms with Crippen molar-refractivity contribution in [2.45, 2.75) is 82.8 Å². The van der Waals surface area contributed by atoms with Crippen LogP contribution in [-0.4, -0.2) is 66.0 Å². The molecule has 0 radical (unpaired) electrons. The molecule has 0 aliphatic carbocycles. The summed E-state index contributed by atoms with van der Waals surface area (Å²) < 4.78 is 28.6. The quantitative estimate of drug-likeness (QED) is 0.695. The van der Waals surface area contributed by atoms with Gasteiger partial charge in [0.25, 0.3) is 0 Å². The maximum absolute atomic E-state index is 10.7. The van der Waals surface area contributed by atoms with Crippen molar-refractivity contribution in [3.63, 3.8) is 0 Å². The highest BCUT2D eigenvalue weighted by Gasteiger charge is 2.50. The van der Waals surface area contributed by atoms with Crippen molar-refractivity contribution in [1.82, 2.24) is 0 Å². The van der Waals surface area contributed by atoms with Gasteiger partial charge in [0.05, 0.1) is 38.1 Å². The molecule has 2 aliphatic heterocycles. The molecule has 1 aromatic rings. The Morgan fingerprint density at radius 2 is 1.96 bits per heavy atom. The van der Waals surface area contributed by atoms with E-state index in [1.165, 1.54) is 0 Å². The highest BCUT2D eigenvalue weighted by Crippen LogP contribution is 2.31. The van der Waals surface area contributed by atoms with Crippen molar-refractivity contribution in [2.24, 2.45) is 0 Å². The average molecular weight is 396 g/mol. The van der Waals surface area contributed by atoms with Crippen LogP contribution in [0.15, 0.2) is 30.3 Å². The first-order valence-corrected chi connectivity index (χ1v) is 9.97. The number of rotatable bonds is 8. The zero-order valence-corrected chi connectivity index (χ0v) is 16.8. The number of benzene rings is 1. The van der Waals surface area contributed by atoms with Crippen LogP contribution in [0.4, 0.5) is 0 Å². The van der Waals surface area contributed by atoms with E-state index in [2.05, 4.69) is 0 Å². The second-order valence-electron chi connectivity index (χ2n) is 7.91. The third-order valence-corrected chi connectivity index (χ3v) is 5.08. The zero-order chi connectivity index (χ0) is 20.1.